The maximum absolute atomic E-state index is 13.0. The molecule has 1 fully saturated rings. The van der Waals surface area contributed by atoms with Crippen molar-refractivity contribution in [3.63, 3.8) is 0 Å². The molecule has 18 heavy (non-hydrogen) atoms. The van der Waals surface area contributed by atoms with Crippen molar-refractivity contribution in [2.24, 2.45) is 5.92 Å². The summed E-state index contributed by atoms with van der Waals surface area (Å²) in [4.78, 5) is 24.0. The zero-order valence-electron chi connectivity index (χ0n) is 9.40. The molecule has 4 nitrogen and oxygen atoms in total. The van der Waals surface area contributed by atoms with E-state index in [0.717, 1.165) is 12.1 Å². The van der Waals surface area contributed by atoms with Gasteiger partial charge in [-0.3, -0.25) is 9.59 Å². The topological polar surface area (TPSA) is 57.6 Å². The number of carbonyl (C=O) groups is 2. The molecular formula is C12H11F2NO3. The summed E-state index contributed by atoms with van der Waals surface area (Å²) in [6, 6.07) is 2.90. The van der Waals surface area contributed by atoms with Crippen LogP contribution >= 0.6 is 0 Å². The molecule has 1 N–H and O–H groups in total. The van der Waals surface area contributed by atoms with Gasteiger partial charge in [-0.1, -0.05) is 0 Å². The summed E-state index contributed by atoms with van der Waals surface area (Å²) < 4.78 is 25.7. The highest BCUT2D eigenvalue weighted by Gasteiger charge is 2.31. The van der Waals surface area contributed by atoms with E-state index in [1.54, 1.807) is 0 Å². The second kappa shape index (κ2) is 4.72. The minimum absolute atomic E-state index is 0.0277. The van der Waals surface area contributed by atoms with Crippen molar-refractivity contribution >= 4 is 11.9 Å². The van der Waals surface area contributed by atoms with Crippen molar-refractivity contribution in [3.8, 4) is 0 Å². The molecule has 0 radical (unpaired) electrons. The highest BCUT2D eigenvalue weighted by atomic mass is 19.2. The molecule has 1 atom stereocenters. The number of halogens is 2. The largest absolute Gasteiger partial charge is 0.481 e. The highest BCUT2D eigenvalue weighted by Crippen LogP contribution is 2.19. The second-order valence-electron chi connectivity index (χ2n) is 4.20. The van der Waals surface area contributed by atoms with Gasteiger partial charge >= 0.3 is 5.97 Å². The first-order valence-electron chi connectivity index (χ1n) is 5.46. The normalized spacial score (nSPS) is 19.0. The zero-order chi connectivity index (χ0) is 13.3. The van der Waals surface area contributed by atoms with Crippen molar-refractivity contribution in [1.82, 2.24) is 4.90 Å². The van der Waals surface area contributed by atoms with Gasteiger partial charge in [0.25, 0.3) is 5.91 Å². The summed E-state index contributed by atoms with van der Waals surface area (Å²) in [5.41, 5.74) is 0.0277. The van der Waals surface area contributed by atoms with E-state index in [1.807, 2.05) is 0 Å². The van der Waals surface area contributed by atoms with Gasteiger partial charge in [0.15, 0.2) is 11.6 Å². The Morgan fingerprint density at radius 2 is 2.00 bits per heavy atom. The minimum Gasteiger partial charge on any atom is -0.481 e. The van der Waals surface area contributed by atoms with Crippen LogP contribution in [0.4, 0.5) is 8.78 Å². The van der Waals surface area contributed by atoms with Crippen LogP contribution in [0.25, 0.3) is 0 Å². The van der Waals surface area contributed by atoms with Crippen LogP contribution in [0.1, 0.15) is 16.8 Å². The number of nitrogens with zero attached hydrogens (tertiary/aromatic N) is 1. The summed E-state index contributed by atoms with van der Waals surface area (Å²) in [5.74, 6) is -4.11. The van der Waals surface area contributed by atoms with E-state index >= 15 is 0 Å². The van der Waals surface area contributed by atoms with Gasteiger partial charge in [0.05, 0.1) is 5.92 Å². The van der Waals surface area contributed by atoms with Gasteiger partial charge in [0.1, 0.15) is 0 Å². The van der Waals surface area contributed by atoms with E-state index in [-0.39, 0.29) is 12.1 Å². The number of aliphatic carboxylic acids is 1. The van der Waals surface area contributed by atoms with Gasteiger partial charge in [-0.25, -0.2) is 8.78 Å². The molecule has 1 saturated heterocycles. The Morgan fingerprint density at radius 3 is 2.56 bits per heavy atom. The molecule has 0 aromatic heterocycles. The van der Waals surface area contributed by atoms with Crippen LogP contribution < -0.4 is 0 Å². The van der Waals surface area contributed by atoms with E-state index in [1.165, 1.54) is 11.0 Å². The Labute approximate surface area is 102 Å². The molecule has 1 aromatic carbocycles. The lowest BCUT2D eigenvalue weighted by atomic mass is 10.1. The number of carboxylic acid groups (broad SMARTS) is 1. The quantitative estimate of drug-likeness (QED) is 0.871. The summed E-state index contributed by atoms with van der Waals surface area (Å²) >= 11 is 0. The van der Waals surface area contributed by atoms with Crippen LogP contribution in [0.3, 0.4) is 0 Å². The van der Waals surface area contributed by atoms with Crippen LogP contribution in [0, 0.1) is 17.6 Å². The summed E-state index contributed by atoms with van der Waals surface area (Å²) in [6.45, 7) is 0.419. The van der Waals surface area contributed by atoms with Crippen LogP contribution in [0.2, 0.25) is 0 Å². The SMILES string of the molecule is O=C(O)C1CCN(C(=O)c2ccc(F)c(F)c2)C1. The number of hydrogen-bond donors (Lipinski definition) is 1. The van der Waals surface area contributed by atoms with Gasteiger partial charge in [-0.05, 0) is 24.6 Å². The fourth-order valence-corrected chi connectivity index (χ4v) is 1.96. The number of carbonyl (C=O) groups excluding carboxylic acids is 1. The Balaban J connectivity index is 2.12. The number of carboxylic acids is 1. The maximum Gasteiger partial charge on any atom is 0.308 e. The van der Waals surface area contributed by atoms with E-state index in [9.17, 15) is 18.4 Å². The zero-order valence-corrected chi connectivity index (χ0v) is 9.40. The third-order valence-electron chi connectivity index (χ3n) is 2.99. The van der Waals surface area contributed by atoms with Gasteiger partial charge in [-0.2, -0.15) is 0 Å². The standard InChI is InChI=1S/C12H11F2NO3/c13-9-2-1-7(5-10(9)14)11(16)15-4-3-8(6-15)12(17)18/h1-2,5,8H,3-4,6H2,(H,17,18). The molecule has 1 aliphatic rings. The molecule has 0 spiro atoms. The predicted molar refractivity (Wildman–Crippen MR) is 58.0 cm³/mol. The molecule has 1 aliphatic heterocycles. The number of rotatable bonds is 2. The summed E-state index contributed by atoms with van der Waals surface area (Å²) in [6.07, 6.45) is 0.380. The van der Waals surface area contributed by atoms with E-state index in [4.69, 9.17) is 5.11 Å². The summed E-state index contributed by atoms with van der Waals surface area (Å²) in [7, 11) is 0. The molecule has 1 heterocycles. The lowest BCUT2D eigenvalue weighted by Crippen LogP contribution is -2.30. The van der Waals surface area contributed by atoms with E-state index < -0.39 is 29.4 Å². The molecule has 1 amide bonds. The predicted octanol–water partition coefficient (Wildman–Crippen LogP) is 1.51. The first-order chi connectivity index (χ1) is 8.49. The van der Waals surface area contributed by atoms with Crippen molar-refractivity contribution in [2.45, 2.75) is 6.42 Å². The Kier molecular flexibility index (Phi) is 3.27. The number of likely N-dealkylation sites (tertiary alicyclic amines) is 1. The molecule has 2 rings (SSSR count). The molecule has 1 unspecified atom stereocenters. The number of hydrogen-bond acceptors (Lipinski definition) is 2. The average molecular weight is 255 g/mol. The average Bonchev–Trinajstić information content (AvgIpc) is 2.81. The monoisotopic (exact) mass is 255 g/mol. The van der Waals surface area contributed by atoms with Crippen LogP contribution in [-0.4, -0.2) is 35.0 Å². The van der Waals surface area contributed by atoms with Crippen LogP contribution in [0.5, 0.6) is 0 Å². The Hall–Kier alpha value is -1.98. The van der Waals surface area contributed by atoms with Gasteiger partial charge in [0.2, 0.25) is 0 Å². The van der Waals surface area contributed by atoms with Gasteiger partial charge < -0.3 is 10.0 Å². The van der Waals surface area contributed by atoms with Crippen molar-refractivity contribution in [1.29, 1.82) is 0 Å². The smallest absolute Gasteiger partial charge is 0.308 e. The third kappa shape index (κ3) is 2.32. The van der Waals surface area contributed by atoms with Crippen LogP contribution in [-0.2, 0) is 4.79 Å². The van der Waals surface area contributed by atoms with Crippen molar-refractivity contribution in [3.05, 3.63) is 35.4 Å². The molecule has 0 saturated carbocycles. The number of benzene rings is 1. The molecule has 0 bridgehead atoms. The molecule has 0 aliphatic carbocycles. The molecule has 6 heteroatoms. The third-order valence-corrected chi connectivity index (χ3v) is 2.99. The fourth-order valence-electron chi connectivity index (χ4n) is 1.96. The lowest BCUT2D eigenvalue weighted by Gasteiger charge is -2.15. The van der Waals surface area contributed by atoms with E-state index in [0.29, 0.717) is 13.0 Å². The lowest BCUT2D eigenvalue weighted by molar-refractivity contribution is -0.141. The van der Waals surface area contributed by atoms with Crippen LogP contribution in [0.15, 0.2) is 18.2 Å². The van der Waals surface area contributed by atoms with Gasteiger partial charge in [0, 0.05) is 18.7 Å². The second-order valence-corrected chi connectivity index (χ2v) is 4.20. The van der Waals surface area contributed by atoms with Crippen molar-refractivity contribution in [2.75, 3.05) is 13.1 Å². The summed E-state index contributed by atoms with van der Waals surface area (Å²) in [5, 5.41) is 8.82. The maximum atomic E-state index is 13.0. The molecular weight excluding hydrogens is 244 g/mol. The van der Waals surface area contributed by atoms with Crippen molar-refractivity contribution < 1.29 is 23.5 Å². The Morgan fingerprint density at radius 1 is 1.28 bits per heavy atom. The van der Waals surface area contributed by atoms with Gasteiger partial charge in [-0.15, -0.1) is 0 Å². The Bertz CT molecular complexity index is 504. The first-order valence-corrected chi connectivity index (χ1v) is 5.46. The first kappa shape index (κ1) is 12.5. The molecule has 96 valence electrons. The number of amides is 1. The van der Waals surface area contributed by atoms with E-state index in [2.05, 4.69) is 0 Å². The highest BCUT2D eigenvalue weighted by molar-refractivity contribution is 5.94. The minimum atomic E-state index is -1.09. The fraction of sp³-hybridized carbons (Fsp3) is 0.333. The molecule has 1 aromatic rings.